The Morgan fingerprint density at radius 2 is 2.13 bits per heavy atom. The van der Waals surface area contributed by atoms with Gasteiger partial charge in [-0.2, -0.15) is 0 Å². The summed E-state index contributed by atoms with van der Waals surface area (Å²) in [5.74, 6) is 5.78. The molecule has 0 aromatic heterocycles. The monoisotopic (exact) mass is 241 g/mol. The van der Waals surface area contributed by atoms with Gasteiger partial charge in [0.05, 0.1) is 0 Å². The van der Waals surface area contributed by atoms with Gasteiger partial charge in [0.1, 0.15) is 0 Å². The summed E-state index contributed by atoms with van der Waals surface area (Å²) in [6.07, 6.45) is 1.42. The molecule has 1 unspecified atom stereocenters. The van der Waals surface area contributed by atoms with E-state index in [0.717, 1.165) is 12.0 Å². The predicted octanol–water partition coefficient (Wildman–Crippen LogP) is 3.28. The number of hydrogen-bond acceptors (Lipinski definition) is 1. The van der Waals surface area contributed by atoms with Gasteiger partial charge in [-0.1, -0.05) is 29.3 Å². The van der Waals surface area contributed by atoms with Crippen molar-refractivity contribution < 1.29 is 0 Å². The molecule has 0 saturated carbocycles. The third-order valence-electron chi connectivity index (χ3n) is 2.04. The molecule has 3 heteroatoms. The van der Waals surface area contributed by atoms with Gasteiger partial charge in [-0.15, -0.1) is 11.8 Å². The molecule has 0 aliphatic carbocycles. The van der Waals surface area contributed by atoms with E-state index in [1.165, 1.54) is 0 Å². The Morgan fingerprint density at radius 3 is 2.73 bits per heavy atom. The van der Waals surface area contributed by atoms with Crippen LogP contribution in [-0.2, 0) is 6.42 Å². The van der Waals surface area contributed by atoms with E-state index < -0.39 is 0 Å². The maximum absolute atomic E-state index is 6.03. The van der Waals surface area contributed by atoms with Crippen molar-refractivity contribution >= 4 is 23.2 Å². The van der Waals surface area contributed by atoms with Gasteiger partial charge in [0.15, 0.2) is 0 Å². The highest BCUT2D eigenvalue weighted by atomic mass is 35.5. The minimum absolute atomic E-state index is 0.0242. The van der Waals surface area contributed by atoms with Gasteiger partial charge in [0, 0.05) is 22.5 Å². The lowest BCUT2D eigenvalue weighted by molar-refractivity contribution is 0.689. The number of hydrogen-bond donors (Lipinski definition) is 1. The van der Waals surface area contributed by atoms with Gasteiger partial charge in [-0.05, 0) is 31.0 Å². The zero-order chi connectivity index (χ0) is 11.3. The molecule has 1 aromatic carbocycles. The first-order valence-electron chi connectivity index (χ1n) is 4.72. The van der Waals surface area contributed by atoms with E-state index in [1.807, 2.05) is 19.1 Å². The van der Waals surface area contributed by atoms with Crippen molar-refractivity contribution in [2.24, 2.45) is 5.73 Å². The minimum atomic E-state index is 0.0242. The lowest BCUT2D eigenvalue weighted by atomic mass is 10.0. The van der Waals surface area contributed by atoms with Crippen LogP contribution < -0.4 is 5.73 Å². The second-order valence-corrected chi connectivity index (χ2v) is 4.17. The Kier molecular flexibility index (Phi) is 4.98. The largest absolute Gasteiger partial charge is 0.327 e. The van der Waals surface area contributed by atoms with Crippen molar-refractivity contribution in [2.75, 3.05) is 0 Å². The lowest BCUT2D eigenvalue weighted by Crippen LogP contribution is -2.22. The molecule has 1 rings (SSSR count). The van der Waals surface area contributed by atoms with Gasteiger partial charge in [-0.3, -0.25) is 0 Å². The van der Waals surface area contributed by atoms with E-state index in [1.54, 1.807) is 6.07 Å². The van der Waals surface area contributed by atoms with Gasteiger partial charge in [0.25, 0.3) is 0 Å². The zero-order valence-corrected chi connectivity index (χ0v) is 10.1. The topological polar surface area (TPSA) is 26.0 Å². The van der Waals surface area contributed by atoms with Crippen LogP contribution in [0.5, 0.6) is 0 Å². The van der Waals surface area contributed by atoms with Crippen molar-refractivity contribution in [1.82, 2.24) is 0 Å². The molecule has 80 valence electrons. The summed E-state index contributed by atoms with van der Waals surface area (Å²) in [5.41, 5.74) is 6.92. The van der Waals surface area contributed by atoms with E-state index in [-0.39, 0.29) is 6.04 Å². The van der Waals surface area contributed by atoms with Crippen LogP contribution >= 0.6 is 23.2 Å². The maximum atomic E-state index is 6.03. The summed E-state index contributed by atoms with van der Waals surface area (Å²) in [7, 11) is 0. The quantitative estimate of drug-likeness (QED) is 0.809. The van der Waals surface area contributed by atoms with Gasteiger partial charge < -0.3 is 5.73 Å². The van der Waals surface area contributed by atoms with Crippen molar-refractivity contribution in [3.8, 4) is 11.8 Å². The molecule has 0 aliphatic rings. The fraction of sp³-hybridized carbons (Fsp3) is 0.333. The van der Waals surface area contributed by atoms with Crippen molar-refractivity contribution in [1.29, 1.82) is 0 Å². The minimum Gasteiger partial charge on any atom is -0.327 e. The first-order valence-corrected chi connectivity index (χ1v) is 5.48. The number of rotatable bonds is 3. The average molecular weight is 242 g/mol. The van der Waals surface area contributed by atoms with Crippen LogP contribution in [0.3, 0.4) is 0 Å². The van der Waals surface area contributed by atoms with Crippen molar-refractivity contribution in [3.05, 3.63) is 33.8 Å². The normalized spacial score (nSPS) is 11.7. The molecule has 1 aromatic rings. The predicted molar refractivity (Wildman–Crippen MR) is 66.2 cm³/mol. The molecular weight excluding hydrogens is 229 g/mol. The summed E-state index contributed by atoms with van der Waals surface area (Å²) in [5, 5.41) is 1.31. The molecule has 0 radical (unpaired) electrons. The van der Waals surface area contributed by atoms with E-state index in [2.05, 4.69) is 11.8 Å². The lowest BCUT2D eigenvalue weighted by Gasteiger charge is -2.09. The Labute approximate surface area is 101 Å². The van der Waals surface area contributed by atoms with Crippen LogP contribution in [0, 0.1) is 11.8 Å². The van der Waals surface area contributed by atoms with Gasteiger partial charge in [0.2, 0.25) is 0 Å². The van der Waals surface area contributed by atoms with E-state index in [9.17, 15) is 0 Å². The molecule has 0 spiro atoms. The molecule has 1 nitrogen and oxygen atoms in total. The first kappa shape index (κ1) is 12.4. The van der Waals surface area contributed by atoms with Crippen molar-refractivity contribution in [2.45, 2.75) is 25.8 Å². The van der Waals surface area contributed by atoms with E-state index in [0.29, 0.717) is 16.5 Å². The molecular formula is C12H13Cl2N. The van der Waals surface area contributed by atoms with Crippen LogP contribution in [-0.4, -0.2) is 6.04 Å². The summed E-state index contributed by atoms with van der Waals surface area (Å²) in [4.78, 5) is 0. The van der Waals surface area contributed by atoms with Crippen LogP contribution in [0.2, 0.25) is 10.0 Å². The summed E-state index contributed by atoms with van der Waals surface area (Å²) >= 11 is 11.8. The fourth-order valence-electron chi connectivity index (χ4n) is 1.28. The Hall–Kier alpha value is -0.680. The number of benzene rings is 1. The fourth-order valence-corrected chi connectivity index (χ4v) is 1.76. The molecule has 0 fully saturated rings. The van der Waals surface area contributed by atoms with Crippen molar-refractivity contribution in [3.63, 3.8) is 0 Å². The van der Waals surface area contributed by atoms with Crippen LogP contribution in [0.4, 0.5) is 0 Å². The van der Waals surface area contributed by atoms with Crippen LogP contribution in [0.1, 0.15) is 18.9 Å². The molecule has 0 aliphatic heterocycles. The number of nitrogens with two attached hydrogens (primary N) is 1. The Balaban J connectivity index is 2.66. The highest BCUT2D eigenvalue weighted by molar-refractivity contribution is 6.35. The molecule has 15 heavy (non-hydrogen) atoms. The molecule has 2 N–H and O–H groups in total. The maximum Gasteiger partial charge on any atom is 0.0453 e. The second-order valence-electron chi connectivity index (χ2n) is 3.33. The third-order valence-corrected chi connectivity index (χ3v) is 2.63. The van der Waals surface area contributed by atoms with Crippen LogP contribution in [0.25, 0.3) is 0 Å². The van der Waals surface area contributed by atoms with Gasteiger partial charge in [-0.25, -0.2) is 0 Å². The summed E-state index contributed by atoms with van der Waals surface area (Å²) < 4.78 is 0. The highest BCUT2D eigenvalue weighted by Gasteiger charge is 2.06. The third kappa shape index (κ3) is 4.13. The van der Waals surface area contributed by atoms with Crippen LogP contribution in [0.15, 0.2) is 18.2 Å². The summed E-state index contributed by atoms with van der Waals surface area (Å²) in [6.45, 7) is 1.81. The molecule has 0 saturated heterocycles. The Bertz CT molecular complexity index is 390. The summed E-state index contributed by atoms with van der Waals surface area (Å²) in [6, 6.07) is 5.48. The number of halogens is 2. The zero-order valence-electron chi connectivity index (χ0n) is 8.56. The second kappa shape index (κ2) is 6.02. The smallest absolute Gasteiger partial charge is 0.0453 e. The highest BCUT2D eigenvalue weighted by Crippen LogP contribution is 2.22. The average Bonchev–Trinajstić information content (AvgIpc) is 2.19. The first-order chi connectivity index (χ1) is 7.13. The standard InChI is InChI=1S/C12H13Cl2N/c1-2-3-4-11(15)7-9-5-6-10(13)8-12(9)14/h5-6,8,11H,4,7,15H2,1H3. The SMILES string of the molecule is CC#CCC(N)Cc1ccc(Cl)cc1Cl. The molecule has 0 bridgehead atoms. The molecule has 0 heterocycles. The van der Waals surface area contributed by atoms with E-state index in [4.69, 9.17) is 28.9 Å². The van der Waals surface area contributed by atoms with Gasteiger partial charge >= 0.3 is 0 Å². The Morgan fingerprint density at radius 1 is 1.40 bits per heavy atom. The van der Waals surface area contributed by atoms with E-state index >= 15 is 0 Å². The molecule has 0 amide bonds. The molecule has 1 atom stereocenters.